The Morgan fingerprint density at radius 2 is 1.64 bits per heavy atom. The fourth-order valence-corrected chi connectivity index (χ4v) is 9.21. The lowest BCUT2D eigenvalue weighted by Gasteiger charge is -2.30. The molecule has 8 rings (SSSR count). The first-order chi connectivity index (χ1) is 26.5. The van der Waals surface area contributed by atoms with Gasteiger partial charge in [0.15, 0.2) is 0 Å². The largest absolute Gasteiger partial charge is 0.472 e. The molecule has 0 radical (unpaired) electrons. The van der Waals surface area contributed by atoms with E-state index >= 15 is 0 Å². The fraction of sp³-hybridized carbons (Fsp3) is 0.390. The number of carbonyl (C=O) groups is 4. The molecule has 1 aromatic heterocycles. The smallest absolute Gasteiger partial charge is 0.259 e. The van der Waals surface area contributed by atoms with E-state index in [0.29, 0.717) is 43.5 Å². The molecule has 3 aromatic carbocycles. The zero-order valence-corrected chi connectivity index (χ0v) is 30.9. The van der Waals surface area contributed by atoms with Crippen molar-refractivity contribution in [2.45, 2.75) is 86.8 Å². The van der Waals surface area contributed by atoms with Gasteiger partial charge in [0.25, 0.3) is 11.8 Å². The van der Waals surface area contributed by atoms with Gasteiger partial charge in [-0.25, -0.2) is 17.8 Å². The number of sulfonamides is 1. The Hall–Kier alpha value is -5.37. The second kappa shape index (κ2) is 14.7. The van der Waals surface area contributed by atoms with E-state index in [2.05, 4.69) is 15.4 Å². The van der Waals surface area contributed by atoms with Crippen LogP contribution in [0.1, 0.15) is 68.1 Å². The maximum Gasteiger partial charge on any atom is 0.259 e. The van der Waals surface area contributed by atoms with Crippen molar-refractivity contribution < 1.29 is 36.7 Å². The molecular weight excluding hydrogens is 726 g/mol. The molecule has 0 spiro atoms. The van der Waals surface area contributed by atoms with Crippen molar-refractivity contribution in [1.29, 1.82) is 0 Å². The molecule has 3 N–H and O–H groups in total. The van der Waals surface area contributed by atoms with Crippen LogP contribution >= 0.6 is 0 Å². The number of rotatable bonds is 7. The van der Waals surface area contributed by atoms with Gasteiger partial charge in [-0.2, -0.15) is 0 Å². The third-order valence-corrected chi connectivity index (χ3v) is 12.9. The van der Waals surface area contributed by atoms with Crippen LogP contribution < -0.4 is 20.1 Å². The van der Waals surface area contributed by atoms with Gasteiger partial charge in [-0.05, 0) is 68.2 Å². The van der Waals surface area contributed by atoms with Gasteiger partial charge >= 0.3 is 0 Å². The van der Waals surface area contributed by atoms with E-state index in [4.69, 9.17) is 9.72 Å². The molecule has 3 fully saturated rings. The third kappa shape index (κ3) is 7.39. The van der Waals surface area contributed by atoms with Gasteiger partial charge in [-0.15, -0.1) is 0 Å². The maximum absolute atomic E-state index is 14.7. The van der Waals surface area contributed by atoms with Crippen LogP contribution in [0.2, 0.25) is 0 Å². The first-order valence-electron chi connectivity index (χ1n) is 18.9. The highest BCUT2D eigenvalue weighted by Crippen LogP contribution is 2.46. The summed E-state index contributed by atoms with van der Waals surface area (Å²) < 4.78 is 49.2. The number of nitrogens with zero attached hydrogens (tertiary/aromatic N) is 2. The molecule has 1 unspecified atom stereocenters. The molecule has 286 valence electrons. The van der Waals surface area contributed by atoms with E-state index in [1.807, 2.05) is 60.7 Å². The Kier molecular flexibility index (Phi) is 9.78. The summed E-state index contributed by atoms with van der Waals surface area (Å²) in [5.41, 5.74) is -1.04. The number of fused-ring (bicyclic) bond motifs is 5. The molecule has 4 amide bonds. The highest BCUT2D eigenvalue weighted by atomic mass is 32.2. The second-order valence-corrected chi connectivity index (χ2v) is 16.9. The van der Waals surface area contributed by atoms with Crippen molar-refractivity contribution >= 4 is 55.3 Å². The molecule has 4 aliphatic rings. The standard InChI is InChI=1S/C41H42FN5O7S/c42-32-17-10-8-16-31(32)36(48)43-34-19-5-3-1-2-4-12-25-23-41(25,40(51)46-55(52,53)27-20-21-27)45-37(49)35-22-26(24-47(35)39(34)50)54-38-30-15-7-6-13-28(30)29-14-9-11-18-33(29)44-38/h4,6-18,25-27,34-35H,1-3,5,19-24H2,(H,43,48)(H,45,49)(H,46,51)/b12-4-/t25-,26-,34+,35+,41?/m1/s1. The normalized spacial score (nSPS) is 26.5. The van der Waals surface area contributed by atoms with Gasteiger partial charge < -0.3 is 20.3 Å². The van der Waals surface area contributed by atoms with E-state index in [0.717, 1.165) is 22.6 Å². The Bertz CT molecular complexity index is 2330. The molecule has 3 heterocycles. The predicted octanol–water partition coefficient (Wildman–Crippen LogP) is 4.68. The number of carbonyl (C=O) groups excluding carboxylic acids is 4. The number of aromatic nitrogens is 1. The average Bonchev–Trinajstić information content (AvgIpc) is 4.10. The van der Waals surface area contributed by atoms with Crippen molar-refractivity contribution in [1.82, 2.24) is 25.2 Å². The average molecular weight is 768 g/mol. The number of pyridine rings is 1. The van der Waals surface area contributed by atoms with Gasteiger partial charge in [-0.1, -0.05) is 73.5 Å². The van der Waals surface area contributed by atoms with Crippen molar-refractivity contribution in [2.24, 2.45) is 5.92 Å². The Balaban J connectivity index is 1.13. The number of halogens is 1. The van der Waals surface area contributed by atoms with Crippen LogP contribution in [0.5, 0.6) is 5.88 Å². The number of allylic oxidation sites excluding steroid dienone is 1. The summed E-state index contributed by atoms with van der Waals surface area (Å²) in [6.45, 7) is -0.0512. The van der Waals surface area contributed by atoms with Crippen molar-refractivity contribution in [3.05, 3.63) is 96.3 Å². The van der Waals surface area contributed by atoms with E-state index in [1.165, 1.54) is 29.2 Å². The molecule has 14 heteroatoms. The van der Waals surface area contributed by atoms with Crippen molar-refractivity contribution in [3.8, 4) is 5.88 Å². The zero-order valence-electron chi connectivity index (χ0n) is 30.1. The summed E-state index contributed by atoms with van der Waals surface area (Å²) in [7, 11) is -3.91. The third-order valence-electron chi connectivity index (χ3n) is 11.1. The lowest BCUT2D eigenvalue weighted by atomic mass is 10.0. The summed E-state index contributed by atoms with van der Waals surface area (Å²) in [4.78, 5) is 62.4. The number of hydrogen-bond acceptors (Lipinski definition) is 8. The number of nitrogens with one attached hydrogen (secondary N) is 3. The predicted molar refractivity (Wildman–Crippen MR) is 203 cm³/mol. The monoisotopic (exact) mass is 767 g/mol. The summed E-state index contributed by atoms with van der Waals surface area (Å²) >= 11 is 0. The van der Waals surface area contributed by atoms with E-state index in [1.54, 1.807) is 0 Å². The van der Waals surface area contributed by atoms with Crippen LogP contribution in [-0.2, 0) is 24.4 Å². The molecule has 2 saturated carbocycles. The Labute approximate surface area is 317 Å². The van der Waals surface area contributed by atoms with Crippen LogP contribution in [0.25, 0.3) is 21.7 Å². The molecule has 1 saturated heterocycles. The Morgan fingerprint density at radius 1 is 0.909 bits per heavy atom. The first-order valence-corrected chi connectivity index (χ1v) is 20.4. The van der Waals surface area contributed by atoms with Gasteiger partial charge in [0.05, 0.1) is 22.9 Å². The molecule has 2 aliphatic carbocycles. The molecule has 0 bridgehead atoms. The lowest BCUT2D eigenvalue weighted by molar-refractivity contribution is -0.141. The summed E-state index contributed by atoms with van der Waals surface area (Å²) in [6, 6.07) is 18.6. The SMILES string of the molecule is O=C(N[C@H]1CCCCC/C=C\[C@@H]2CC2(C(=O)NS(=O)(=O)C2CC2)NC(=O)[C@@H]2C[C@@H](Oc3nc4ccccc4c4ccccc34)CN2C1=O)c1ccccc1F. The maximum atomic E-state index is 14.7. The fourth-order valence-electron chi connectivity index (χ4n) is 7.85. The minimum atomic E-state index is -3.91. The minimum Gasteiger partial charge on any atom is -0.472 e. The van der Waals surface area contributed by atoms with Crippen LogP contribution in [0, 0.1) is 11.7 Å². The summed E-state index contributed by atoms with van der Waals surface area (Å²) in [5.74, 6) is -3.63. The van der Waals surface area contributed by atoms with Gasteiger partial charge in [-0.3, -0.25) is 23.9 Å². The first kappa shape index (κ1) is 36.6. The summed E-state index contributed by atoms with van der Waals surface area (Å²) in [6.07, 6.45) is 7.11. The van der Waals surface area contributed by atoms with Crippen LogP contribution in [0.3, 0.4) is 0 Å². The van der Waals surface area contributed by atoms with Gasteiger partial charge in [0, 0.05) is 23.1 Å². The molecule has 5 atom stereocenters. The quantitative estimate of drug-likeness (QED) is 0.180. The van der Waals surface area contributed by atoms with Crippen molar-refractivity contribution in [3.63, 3.8) is 0 Å². The second-order valence-electron chi connectivity index (χ2n) is 15.0. The number of benzene rings is 3. The topological polar surface area (TPSA) is 164 Å². The highest BCUT2D eigenvalue weighted by molar-refractivity contribution is 7.91. The van der Waals surface area contributed by atoms with E-state index < -0.39 is 74.4 Å². The van der Waals surface area contributed by atoms with Crippen LogP contribution in [0.15, 0.2) is 84.9 Å². The number of ether oxygens (including phenoxy) is 1. The Morgan fingerprint density at radius 3 is 2.42 bits per heavy atom. The molecule has 55 heavy (non-hydrogen) atoms. The van der Waals surface area contributed by atoms with Gasteiger partial charge in [0.2, 0.25) is 27.7 Å². The van der Waals surface area contributed by atoms with Crippen molar-refractivity contribution in [2.75, 3.05) is 6.54 Å². The zero-order chi connectivity index (χ0) is 38.3. The number of para-hydroxylation sites is 1. The summed E-state index contributed by atoms with van der Waals surface area (Å²) in [5, 5.41) is 7.57. The number of amides is 4. The number of hydrogen-bond donors (Lipinski definition) is 3. The molecule has 12 nitrogen and oxygen atoms in total. The van der Waals surface area contributed by atoms with E-state index in [-0.39, 0.29) is 31.4 Å². The van der Waals surface area contributed by atoms with Crippen LogP contribution in [-0.4, -0.2) is 77.5 Å². The minimum absolute atomic E-state index is 0.0208. The highest BCUT2D eigenvalue weighted by Gasteiger charge is 2.62. The van der Waals surface area contributed by atoms with Gasteiger partial charge in [0.1, 0.15) is 29.5 Å². The lowest BCUT2D eigenvalue weighted by Crippen LogP contribution is -2.58. The van der Waals surface area contributed by atoms with Crippen LogP contribution in [0.4, 0.5) is 4.39 Å². The molecular formula is C41H42FN5O7S. The van der Waals surface area contributed by atoms with E-state index in [9.17, 15) is 32.0 Å². The molecule has 2 aliphatic heterocycles. The molecule has 4 aromatic rings.